The predicted octanol–water partition coefficient (Wildman–Crippen LogP) is 3.16. The molecule has 1 aromatic heterocycles. The van der Waals surface area contributed by atoms with Gasteiger partial charge >= 0.3 is 5.97 Å². The van der Waals surface area contributed by atoms with E-state index >= 15 is 0 Å². The normalized spacial score (nSPS) is 10.7. The van der Waals surface area contributed by atoms with Gasteiger partial charge in [0.05, 0.1) is 6.42 Å². The molecule has 106 valence electrons. The second-order valence-electron chi connectivity index (χ2n) is 4.87. The van der Waals surface area contributed by atoms with Crippen LogP contribution in [-0.4, -0.2) is 16.1 Å². The third kappa shape index (κ3) is 3.05. The largest absolute Gasteiger partial charge is 0.508 e. The van der Waals surface area contributed by atoms with Crippen LogP contribution in [-0.2, 0) is 22.6 Å². The number of benzene rings is 2. The lowest BCUT2D eigenvalue weighted by molar-refractivity contribution is -0.144. The van der Waals surface area contributed by atoms with Crippen LogP contribution in [0.15, 0.2) is 54.7 Å². The van der Waals surface area contributed by atoms with Gasteiger partial charge in [-0.05, 0) is 29.3 Å². The van der Waals surface area contributed by atoms with Crippen LogP contribution >= 0.6 is 0 Å². The zero-order valence-electron chi connectivity index (χ0n) is 11.4. The van der Waals surface area contributed by atoms with E-state index in [2.05, 4.69) is 4.98 Å². The maximum absolute atomic E-state index is 11.9. The number of nitrogens with one attached hydrogen (secondary N) is 1. The number of hydrogen-bond donors (Lipinski definition) is 2. The fourth-order valence-electron chi connectivity index (χ4n) is 2.26. The van der Waals surface area contributed by atoms with E-state index in [0.29, 0.717) is 0 Å². The van der Waals surface area contributed by atoms with E-state index in [1.807, 2.05) is 30.3 Å². The number of hydrogen-bond acceptors (Lipinski definition) is 3. The first-order valence-corrected chi connectivity index (χ1v) is 6.71. The highest BCUT2D eigenvalue weighted by molar-refractivity contribution is 5.88. The Morgan fingerprint density at radius 3 is 2.76 bits per heavy atom. The van der Waals surface area contributed by atoms with E-state index in [4.69, 9.17) is 4.74 Å². The van der Waals surface area contributed by atoms with Crippen molar-refractivity contribution < 1.29 is 14.6 Å². The fourth-order valence-corrected chi connectivity index (χ4v) is 2.26. The summed E-state index contributed by atoms with van der Waals surface area (Å²) in [6.45, 7) is 0.271. The van der Waals surface area contributed by atoms with Crippen LogP contribution in [0.5, 0.6) is 5.75 Å². The molecule has 0 saturated carbocycles. The van der Waals surface area contributed by atoms with Crippen LogP contribution < -0.4 is 0 Å². The summed E-state index contributed by atoms with van der Waals surface area (Å²) in [4.78, 5) is 15.0. The molecule has 2 aromatic carbocycles. The second kappa shape index (κ2) is 5.71. The lowest BCUT2D eigenvalue weighted by atomic mass is 10.1. The van der Waals surface area contributed by atoms with Gasteiger partial charge in [-0.2, -0.15) is 0 Å². The van der Waals surface area contributed by atoms with Crippen LogP contribution in [0.1, 0.15) is 11.1 Å². The molecule has 4 heteroatoms. The van der Waals surface area contributed by atoms with Crippen molar-refractivity contribution in [1.29, 1.82) is 0 Å². The van der Waals surface area contributed by atoms with Crippen molar-refractivity contribution in [3.05, 3.63) is 65.9 Å². The van der Waals surface area contributed by atoms with E-state index in [-0.39, 0.29) is 24.7 Å². The Bertz CT molecular complexity index is 762. The summed E-state index contributed by atoms with van der Waals surface area (Å²) < 4.78 is 5.27. The van der Waals surface area contributed by atoms with Crippen molar-refractivity contribution in [3.8, 4) is 5.75 Å². The molecule has 0 aliphatic rings. The maximum atomic E-state index is 11.9. The Morgan fingerprint density at radius 2 is 1.95 bits per heavy atom. The van der Waals surface area contributed by atoms with Crippen molar-refractivity contribution in [2.24, 2.45) is 0 Å². The Labute approximate surface area is 122 Å². The molecule has 0 bridgehead atoms. The van der Waals surface area contributed by atoms with E-state index in [1.54, 1.807) is 24.4 Å². The number of carbonyl (C=O) groups is 1. The van der Waals surface area contributed by atoms with Crippen molar-refractivity contribution >= 4 is 16.9 Å². The number of carbonyl (C=O) groups excluding carboxylic acids is 1. The number of phenols is 1. The summed E-state index contributed by atoms with van der Waals surface area (Å²) in [5, 5.41) is 10.4. The number of aromatic hydroxyl groups is 1. The van der Waals surface area contributed by atoms with E-state index in [9.17, 15) is 9.90 Å². The second-order valence-corrected chi connectivity index (χ2v) is 4.87. The molecule has 3 aromatic rings. The fraction of sp³-hybridized carbons (Fsp3) is 0.118. The SMILES string of the molecule is O=C(Cc1c[nH]c2ccc(O)cc12)OCc1ccccc1. The Hall–Kier alpha value is -2.75. The van der Waals surface area contributed by atoms with Gasteiger partial charge in [0, 0.05) is 17.1 Å². The predicted molar refractivity (Wildman–Crippen MR) is 79.9 cm³/mol. The van der Waals surface area contributed by atoms with Crippen LogP contribution in [0.3, 0.4) is 0 Å². The first-order chi connectivity index (χ1) is 10.2. The highest BCUT2D eigenvalue weighted by atomic mass is 16.5. The summed E-state index contributed by atoms with van der Waals surface area (Å²) in [5.41, 5.74) is 2.67. The molecular weight excluding hydrogens is 266 g/mol. The molecule has 0 saturated heterocycles. The third-order valence-corrected chi connectivity index (χ3v) is 3.33. The number of aromatic amines is 1. The molecule has 0 fully saturated rings. The third-order valence-electron chi connectivity index (χ3n) is 3.33. The monoisotopic (exact) mass is 281 g/mol. The standard InChI is InChI=1S/C17H15NO3/c19-14-6-7-16-15(9-14)13(10-18-16)8-17(20)21-11-12-4-2-1-3-5-12/h1-7,9-10,18-19H,8,11H2. The number of ether oxygens (including phenoxy) is 1. The van der Waals surface area contributed by atoms with Crippen LogP contribution in [0, 0.1) is 0 Å². The molecule has 0 amide bonds. The van der Waals surface area contributed by atoms with Gasteiger partial charge in [0.1, 0.15) is 12.4 Å². The van der Waals surface area contributed by atoms with E-state index in [1.165, 1.54) is 0 Å². The molecule has 0 aliphatic heterocycles. The van der Waals surface area contributed by atoms with Gasteiger partial charge in [0.15, 0.2) is 0 Å². The van der Waals surface area contributed by atoms with Gasteiger partial charge in [-0.3, -0.25) is 4.79 Å². The molecule has 4 nitrogen and oxygen atoms in total. The highest BCUT2D eigenvalue weighted by Crippen LogP contribution is 2.23. The molecule has 2 N–H and O–H groups in total. The number of H-pyrrole nitrogens is 1. The summed E-state index contributed by atoms with van der Waals surface area (Å²) in [7, 11) is 0. The van der Waals surface area contributed by atoms with Crippen molar-refractivity contribution in [2.75, 3.05) is 0 Å². The average molecular weight is 281 g/mol. The van der Waals surface area contributed by atoms with Crippen molar-refractivity contribution in [3.63, 3.8) is 0 Å². The number of rotatable bonds is 4. The minimum atomic E-state index is -0.289. The molecule has 0 aliphatic carbocycles. The summed E-state index contributed by atoms with van der Waals surface area (Å²) in [6.07, 6.45) is 1.95. The zero-order chi connectivity index (χ0) is 14.7. The van der Waals surface area contributed by atoms with E-state index < -0.39 is 0 Å². The first kappa shape index (κ1) is 13.2. The summed E-state index contributed by atoms with van der Waals surface area (Å²) in [5.74, 6) is -0.107. The highest BCUT2D eigenvalue weighted by Gasteiger charge is 2.10. The van der Waals surface area contributed by atoms with Crippen LogP contribution in [0.2, 0.25) is 0 Å². The topological polar surface area (TPSA) is 62.3 Å². The van der Waals surface area contributed by atoms with Gasteiger partial charge in [0.25, 0.3) is 0 Å². The Morgan fingerprint density at radius 1 is 1.14 bits per heavy atom. The molecule has 3 rings (SSSR count). The summed E-state index contributed by atoms with van der Waals surface area (Å²) in [6, 6.07) is 14.6. The van der Waals surface area contributed by atoms with Gasteiger partial charge in [-0.25, -0.2) is 0 Å². The summed E-state index contributed by atoms with van der Waals surface area (Å²) >= 11 is 0. The van der Waals surface area contributed by atoms with Crippen LogP contribution in [0.4, 0.5) is 0 Å². The van der Waals surface area contributed by atoms with Crippen molar-refractivity contribution in [1.82, 2.24) is 4.98 Å². The number of fused-ring (bicyclic) bond motifs is 1. The molecule has 0 unspecified atom stereocenters. The molecule has 1 heterocycles. The average Bonchev–Trinajstić information content (AvgIpc) is 2.88. The molecule has 0 spiro atoms. The Balaban J connectivity index is 1.67. The molecule has 0 radical (unpaired) electrons. The molecule has 21 heavy (non-hydrogen) atoms. The zero-order valence-corrected chi connectivity index (χ0v) is 11.4. The van der Waals surface area contributed by atoms with E-state index in [0.717, 1.165) is 22.0 Å². The lowest BCUT2D eigenvalue weighted by Crippen LogP contribution is -2.07. The molecular formula is C17H15NO3. The van der Waals surface area contributed by atoms with Gasteiger partial charge in [0.2, 0.25) is 0 Å². The maximum Gasteiger partial charge on any atom is 0.310 e. The quantitative estimate of drug-likeness (QED) is 0.722. The first-order valence-electron chi connectivity index (χ1n) is 6.71. The Kier molecular flexibility index (Phi) is 3.60. The van der Waals surface area contributed by atoms with Crippen LogP contribution in [0.25, 0.3) is 10.9 Å². The number of esters is 1. The van der Waals surface area contributed by atoms with Gasteiger partial charge in [-0.15, -0.1) is 0 Å². The number of phenolic OH excluding ortho intramolecular Hbond substituents is 1. The smallest absolute Gasteiger partial charge is 0.310 e. The molecule has 0 atom stereocenters. The van der Waals surface area contributed by atoms with Crippen molar-refractivity contribution in [2.45, 2.75) is 13.0 Å². The van der Waals surface area contributed by atoms with Gasteiger partial charge in [-0.1, -0.05) is 30.3 Å². The minimum Gasteiger partial charge on any atom is -0.508 e. The lowest BCUT2D eigenvalue weighted by Gasteiger charge is -2.04. The number of aromatic nitrogens is 1. The van der Waals surface area contributed by atoms with Gasteiger partial charge < -0.3 is 14.8 Å². The minimum absolute atomic E-state index is 0.177.